The summed E-state index contributed by atoms with van der Waals surface area (Å²) >= 11 is 0. The molecule has 8 heteroatoms. The van der Waals surface area contributed by atoms with Crippen LogP contribution in [0.3, 0.4) is 0 Å². The number of hydrogen-bond acceptors (Lipinski definition) is 5. The molecule has 0 aliphatic rings. The normalized spacial score (nSPS) is 10.4. The van der Waals surface area contributed by atoms with E-state index in [9.17, 15) is 9.70 Å². The molecule has 23 heavy (non-hydrogen) atoms. The number of aromatic nitrogens is 2. The van der Waals surface area contributed by atoms with Gasteiger partial charge in [0.05, 0.1) is 10.5 Å². The minimum atomic E-state index is -1.01. The monoisotopic (exact) mass is 312 g/mol. The molecule has 0 saturated heterocycles. The van der Waals surface area contributed by atoms with E-state index < -0.39 is 5.97 Å². The topological polar surface area (TPSA) is 117 Å². The van der Waals surface area contributed by atoms with Gasteiger partial charge in [-0.1, -0.05) is 17.3 Å². The molecule has 1 aromatic heterocycles. The van der Waals surface area contributed by atoms with Crippen molar-refractivity contribution in [2.75, 3.05) is 0 Å². The van der Waals surface area contributed by atoms with E-state index in [1.54, 1.807) is 24.3 Å². The fraction of sp³-hybridized carbons (Fsp3) is 0. The molecule has 0 amide bonds. The van der Waals surface area contributed by atoms with Gasteiger partial charge in [-0.2, -0.15) is 4.98 Å². The molecule has 0 saturated carbocycles. The molecule has 114 valence electrons. The van der Waals surface area contributed by atoms with Gasteiger partial charge >= 0.3 is 11.7 Å². The van der Waals surface area contributed by atoms with Crippen LogP contribution < -0.4 is 0 Å². The number of benzene rings is 2. The summed E-state index contributed by atoms with van der Waals surface area (Å²) in [6.07, 6.45) is 0. The highest BCUT2D eigenvalue weighted by Crippen LogP contribution is 2.24. The molecule has 8 nitrogen and oxygen atoms in total. The summed E-state index contributed by atoms with van der Waals surface area (Å²) in [5.74, 6) is -0.459. The van der Waals surface area contributed by atoms with Crippen molar-refractivity contribution < 1.29 is 24.6 Å². The third-order valence-corrected chi connectivity index (χ3v) is 3.15. The summed E-state index contributed by atoms with van der Waals surface area (Å²) in [6.45, 7) is 0. The third kappa shape index (κ3) is 2.91. The number of hydrogen-bond donors (Lipinski definition) is 2. The van der Waals surface area contributed by atoms with Crippen LogP contribution in [-0.2, 0) is 0 Å². The van der Waals surface area contributed by atoms with Crippen molar-refractivity contribution in [3.8, 4) is 22.8 Å². The van der Waals surface area contributed by atoms with E-state index in [0.29, 0.717) is 17.0 Å². The van der Waals surface area contributed by atoms with E-state index in [1.165, 1.54) is 24.3 Å². The molecule has 1 heterocycles. The molecule has 0 unspecified atom stereocenters. The lowest BCUT2D eigenvalue weighted by atomic mass is 10.1. The summed E-state index contributed by atoms with van der Waals surface area (Å²) in [6, 6.07) is 12.0. The van der Waals surface area contributed by atoms with E-state index in [1.807, 2.05) is 0 Å². The van der Waals surface area contributed by atoms with E-state index in [2.05, 4.69) is 10.1 Å². The van der Waals surface area contributed by atoms with Crippen molar-refractivity contribution in [3.05, 3.63) is 59.0 Å². The lowest BCUT2D eigenvalue weighted by Gasteiger charge is -1.96. The molecule has 0 fully saturated rings. The van der Waals surface area contributed by atoms with Crippen molar-refractivity contribution in [1.29, 1.82) is 0 Å². The van der Waals surface area contributed by atoms with Crippen molar-refractivity contribution >= 4 is 11.7 Å². The highest BCUT2D eigenvalue weighted by atomic mass is 16.6. The van der Waals surface area contributed by atoms with Gasteiger partial charge in [0.2, 0.25) is 5.82 Å². The number of carboxylic acid groups (broad SMARTS) is 1. The second-order valence-corrected chi connectivity index (χ2v) is 4.63. The standard InChI is InChI=1S/C15H9N3O5/c19-15(20)11-3-1-9(2-4-11)13-16-14(23-17-13)10-5-7-12(8-6-10)18(21)22/h1-8H,(H-,19,20,21,22)/p+1. The van der Waals surface area contributed by atoms with E-state index in [4.69, 9.17) is 14.8 Å². The van der Waals surface area contributed by atoms with E-state index >= 15 is 0 Å². The van der Waals surface area contributed by atoms with Crippen LogP contribution in [0.1, 0.15) is 10.4 Å². The fourth-order valence-corrected chi connectivity index (χ4v) is 1.95. The Morgan fingerprint density at radius 2 is 1.61 bits per heavy atom. The Balaban J connectivity index is 1.87. The maximum absolute atomic E-state index is 10.8. The molecule has 2 N–H and O–H groups in total. The summed E-state index contributed by atoms with van der Waals surface area (Å²) < 4.78 is 5.15. The number of nitrogens with zero attached hydrogens (tertiary/aromatic N) is 3. The van der Waals surface area contributed by atoms with Crippen molar-refractivity contribution in [1.82, 2.24) is 10.1 Å². The first-order valence-corrected chi connectivity index (χ1v) is 6.48. The van der Waals surface area contributed by atoms with Crippen LogP contribution in [0.25, 0.3) is 22.8 Å². The van der Waals surface area contributed by atoms with Gasteiger partial charge in [-0.15, -0.1) is 0 Å². The molecule has 2 aromatic carbocycles. The maximum Gasteiger partial charge on any atom is 0.335 e. The van der Waals surface area contributed by atoms with Crippen LogP contribution in [-0.4, -0.2) is 31.3 Å². The summed E-state index contributed by atoms with van der Waals surface area (Å²) in [5, 5.41) is 21.5. The highest BCUT2D eigenvalue weighted by molar-refractivity contribution is 5.88. The first-order chi connectivity index (χ1) is 11.0. The molecule has 0 spiro atoms. The highest BCUT2D eigenvalue weighted by Gasteiger charge is 2.14. The van der Waals surface area contributed by atoms with Gasteiger partial charge in [-0.05, 0) is 24.3 Å². The lowest BCUT2D eigenvalue weighted by molar-refractivity contribution is -0.729. The van der Waals surface area contributed by atoms with Gasteiger partial charge in [-0.3, -0.25) is 0 Å². The molecule has 3 aromatic rings. The zero-order chi connectivity index (χ0) is 16.4. The largest absolute Gasteiger partial charge is 0.478 e. The van der Waals surface area contributed by atoms with Gasteiger partial charge in [0.25, 0.3) is 10.8 Å². The maximum atomic E-state index is 10.8. The van der Waals surface area contributed by atoms with Crippen molar-refractivity contribution in [2.45, 2.75) is 0 Å². The van der Waals surface area contributed by atoms with E-state index in [0.717, 1.165) is 0 Å². The molecule has 0 atom stereocenters. The molecule has 0 aliphatic heterocycles. The Morgan fingerprint density at radius 1 is 1.00 bits per heavy atom. The second-order valence-electron chi connectivity index (χ2n) is 4.63. The summed E-state index contributed by atoms with van der Waals surface area (Å²) in [7, 11) is 0. The van der Waals surface area contributed by atoms with Crippen molar-refractivity contribution in [2.24, 2.45) is 0 Å². The second kappa shape index (κ2) is 5.68. The van der Waals surface area contributed by atoms with Crippen LogP contribution in [0.5, 0.6) is 0 Å². The van der Waals surface area contributed by atoms with Crippen LogP contribution in [0, 0.1) is 4.91 Å². The van der Waals surface area contributed by atoms with Crippen LogP contribution in [0.4, 0.5) is 5.69 Å². The molecule has 3 rings (SSSR count). The first kappa shape index (κ1) is 14.4. The fourth-order valence-electron chi connectivity index (χ4n) is 1.95. The molecule has 0 radical (unpaired) electrons. The quantitative estimate of drug-likeness (QED) is 0.711. The summed E-state index contributed by atoms with van der Waals surface area (Å²) in [4.78, 5) is 25.5. The van der Waals surface area contributed by atoms with Gasteiger partial charge < -0.3 is 9.63 Å². The lowest BCUT2D eigenvalue weighted by Crippen LogP contribution is -1.95. The Hall–Kier alpha value is -3.55. The van der Waals surface area contributed by atoms with Gasteiger partial charge in [0, 0.05) is 23.3 Å². The number of aromatic carboxylic acids is 1. The van der Waals surface area contributed by atoms with Gasteiger partial charge in [0.15, 0.2) is 0 Å². The Labute approximate surface area is 129 Å². The van der Waals surface area contributed by atoms with Gasteiger partial charge in [-0.25, -0.2) is 10.0 Å². The molecular weight excluding hydrogens is 302 g/mol. The average Bonchev–Trinajstić information content (AvgIpc) is 3.05. The zero-order valence-corrected chi connectivity index (χ0v) is 11.6. The molecular formula is C15H10N3O5+. The Bertz CT molecular complexity index is 797. The number of carboxylic acids is 1. The predicted octanol–water partition coefficient (Wildman–Crippen LogP) is 2.90. The van der Waals surface area contributed by atoms with Crippen molar-refractivity contribution in [3.63, 3.8) is 0 Å². The first-order valence-electron chi connectivity index (χ1n) is 6.48. The minimum absolute atomic E-state index is 0.0812. The third-order valence-electron chi connectivity index (χ3n) is 3.15. The summed E-state index contributed by atoms with van der Waals surface area (Å²) in [5.41, 5.74) is 1.44. The molecule has 0 aliphatic carbocycles. The van der Waals surface area contributed by atoms with E-state index in [-0.39, 0.29) is 22.1 Å². The van der Waals surface area contributed by atoms with Crippen LogP contribution >= 0.6 is 0 Å². The Kier molecular flexibility index (Phi) is 3.55. The van der Waals surface area contributed by atoms with Gasteiger partial charge in [0.1, 0.15) is 0 Å². The smallest absolute Gasteiger partial charge is 0.335 e. The number of rotatable bonds is 4. The van der Waals surface area contributed by atoms with Crippen LogP contribution in [0.15, 0.2) is 53.1 Å². The Morgan fingerprint density at radius 3 is 2.17 bits per heavy atom. The minimum Gasteiger partial charge on any atom is -0.478 e. The molecule has 0 bridgehead atoms. The predicted molar refractivity (Wildman–Crippen MR) is 77.2 cm³/mol. The SMILES string of the molecule is O=C(O)c1ccc(-c2noc(-c3ccc([N+](=O)O)cc3)n2)cc1. The van der Waals surface area contributed by atoms with Crippen LogP contribution in [0.2, 0.25) is 0 Å². The zero-order valence-electron chi connectivity index (χ0n) is 11.6. The average molecular weight is 312 g/mol. The number of carbonyl (C=O) groups is 1.